The van der Waals surface area contributed by atoms with Gasteiger partial charge in [0.25, 0.3) is 0 Å². The Hall–Kier alpha value is -2.29. The average molecular weight is 297 g/mol. The monoisotopic (exact) mass is 297 g/mol. The summed E-state index contributed by atoms with van der Waals surface area (Å²) in [5, 5.41) is 2.76. The van der Waals surface area contributed by atoms with E-state index in [1.807, 2.05) is 25.1 Å². The molecule has 0 aliphatic heterocycles. The van der Waals surface area contributed by atoms with Gasteiger partial charge in [-0.2, -0.15) is 0 Å². The lowest BCUT2D eigenvalue weighted by Crippen LogP contribution is -2.14. The van der Waals surface area contributed by atoms with Gasteiger partial charge in [-0.25, -0.2) is 4.79 Å². The SMILES string of the molecule is CCCOC(=O)Nc1cccc(Cc2cccc(CC)c2)c1. The zero-order valence-electron chi connectivity index (χ0n) is 13.3. The normalized spacial score (nSPS) is 10.3. The van der Waals surface area contributed by atoms with Gasteiger partial charge in [-0.3, -0.25) is 5.32 Å². The molecule has 1 N–H and O–H groups in total. The van der Waals surface area contributed by atoms with E-state index >= 15 is 0 Å². The van der Waals surface area contributed by atoms with Crippen LogP contribution in [0.3, 0.4) is 0 Å². The first-order valence-electron chi connectivity index (χ1n) is 7.81. The van der Waals surface area contributed by atoms with Crippen LogP contribution in [-0.2, 0) is 17.6 Å². The Balaban J connectivity index is 2.03. The van der Waals surface area contributed by atoms with Crippen molar-refractivity contribution in [2.24, 2.45) is 0 Å². The highest BCUT2D eigenvalue weighted by Gasteiger charge is 2.04. The second kappa shape index (κ2) is 8.23. The number of aryl methyl sites for hydroxylation is 1. The molecule has 0 atom stereocenters. The fourth-order valence-corrected chi connectivity index (χ4v) is 2.30. The maximum atomic E-state index is 11.6. The molecular formula is C19H23NO2. The molecule has 0 spiro atoms. The standard InChI is InChI=1S/C19H23NO2/c1-3-11-22-19(21)20-18-10-6-9-17(14-18)13-16-8-5-7-15(4-2)12-16/h5-10,12,14H,3-4,11,13H2,1-2H3,(H,20,21). The summed E-state index contributed by atoms with van der Waals surface area (Å²) >= 11 is 0. The quantitative estimate of drug-likeness (QED) is 0.832. The number of hydrogen-bond donors (Lipinski definition) is 1. The molecule has 0 aliphatic rings. The molecule has 2 rings (SSSR count). The Morgan fingerprint density at radius 1 is 1.00 bits per heavy atom. The third kappa shape index (κ3) is 4.92. The van der Waals surface area contributed by atoms with Crippen LogP contribution in [0, 0.1) is 0 Å². The summed E-state index contributed by atoms with van der Waals surface area (Å²) < 4.78 is 5.03. The fraction of sp³-hybridized carbons (Fsp3) is 0.316. The molecule has 2 aromatic rings. The van der Waals surface area contributed by atoms with E-state index in [0.717, 1.165) is 24.9 Å². The number of nitrogens with one attached hydrogen (secondary N) is 1. The van der Waals surface area contributed by atoms with Crippen LogP contribution in [0.25, 0.3) is 0 Å². The maximum absolute atomic E-state index is 11.6. The molecule has 3 heteroatoms. The molecule has 1 amide bonds. The highest BCUT2D eigenvalue weighted by molar-refractivity contribution is 5.84. The van der Waals surface area contributed by atoms with Crippen molar-refractivity contribution < 1.29 is 9.53 Å². The van der Waals surface area contributed by atoms with E-state index < -0.39 is 6.09 Å². The third-order valence-electron chi connectivity index (χ3n) is 3.42. The summed E-state index contributed by atoms with van der Waals surface area (Å²) in [6, 6.07) is 16.5. The number of ether oxygens (including phenoxy) is 1. The number of anilines is 1. The van der Waals surface area contributed by atoms with Gasteiger partial charge in [0.15, 0.2) is 0 Å². The van der Waals surface area contributed by atoms with Crippen molar-refractivity contribution in [3.8, 4) is 0 Å². The Kier molecular flexibility index (Phi) is 6.01. The van der Waals surface area contributed by atoms with E-state index in [1.165, 1.54) is 16.7 Å². The molecule has 0 unspecified atom stereocenters. The summed E-state index contributed by atoms with van der Waals surface area (Å²) in [5.74, 6) is 0. The molecule has 22 heavy (non-hydrogen) atoms. The molecular weight excluding hydrogens is 274 g/mol. The van der Waals surface area contributed by atoms with Gasteiger partial charge in [0, 0.05) is 5.69 Å². The number of carbonyl (C=O) groups is 1. The van der Waals surface area contributed by atoms with E-state index in [9.17, 15) is 4.79 Å². The molecule has 2 aromatic carbocycles. The molecule has 0 heterocycles. The zero-order chi connectivity index (χ0) is 15.8. The summed E-state index contributed by atoms with van der Waals surface area (Å²) in [5.41, 5.74) is 4.56. The minimum Gasteiger partial charge on any atom is -0.449 e. The Morgan fingerprint density at radius 2 is 1.68 bits per heavy atom. The first-order valence-corrected chi connectivity index (χ1v) is 7.81. The Labute approximate surface area is 132 Å². The van der Waals surface area contributed by atoms with E-state index in [1.54, 1.807) is 0 Å². The Bertz CT molecular complexity index is 622. The first-order chi connectivity index (χ1) is 10.7. The summed E-state index contributed by atoms with van der Waals surface area (Å²) in [7, 11) is 0. The average Bonchev–Trinajstić information content (AvgIpc) is 2.53. The van der Waals surface area contributed by atoms with Crippen molar-refractivity contribution in [1.29, 1.82) is 0 Å². The third-order valence-corrected chi connectivity index (χ3v) is 3.42. The van der Waals surface area contributed by atoms with Crippen molar-refractivity contribution in [3.05, 3.63) is 65.2 Å². The van der Waals surface area contributed by atoms with Gasteiger partial charge in [0.1, 0.15) is 0 Å². The van der Waals surface area contributed by atoms with E-state index in [-0.39, 0.29) is 0 Å². The predicted octanol–water partition coefficient (Wildman–Crippen LogP) is 4.80. The molecule has 3 nitrogen and oxygen atoms in total. The molecule has 0 saturated carbocycles. The number of carbonyl (C=O) groups excluding carboxylic acids is 1. The molecule has 0 fully saturated rings. The largest absolute Gasteiger partial charge is 0.449 e. The molecule has 0 radical (unpaired) electrons. The second-order valence-corrected chi connectivity index (χ2v) is 5.31. The van der Waals surface area contributed by atoms with Crippen molar-refractivity contribution in [2.45, 2.75) is 33.1 Å². The highest BCUT2D eigenvalue weighted by Crippen LogP contribution is 2.16. The Morgan fingerprint density at radius 3 is 2.41 bits per heavy atom. The molecule has 0 bridgehead atoms. The van der Waals surface area contributed by atoms with Crippen LogP contribution >= 0.6 is 0 Å². The zero-order valence-corrected chi connectivity index (χ0v) is 13.3. The van der Waals surface area contributed by atoms with Crippen LogP contribution in [0.1, 0.15) is 37.0 Å². The van der Waals surface area contributed by atoms with E-state index in [4.69, 9.17) is 4.74 Å². The second-order valence-electron chi connectivity index (χ2n) is 5.31. The first kappa shape index (κ1) is 16.1. The molecule has 116 valence electrons. The number of benzene rings is 2. The van der Waals surface area contributed by atoms with Crippen LogP contribution in [0.5, 0.6) is 0 Å². The van der Waals surface area contributed by atoms with Gasteiger partial charge in [-0.1, -0.05) is 50.2 Å². The van der Waals surface area contributed by atoms with Gasteiger partial charge in [0.05, 0.1) is 6.61 Å². The lowest BCUT2D eigenvalue weighted by Gasteiger charge is -2.08. The van der Waals surface area contributed by atoms with Crippen molar-refractivity contribution in [3.63, 3.8) is 0 Å². The predicted molar refractivity (Wildman–Crippen MR) is 90.3 cm³/mol. The van der Waals surface area contributed by atoms with Crippen LogP contribution in [0.15, 0.2) is 48.5 Å². The smallest absolute Gasteiger partial charge is 0.411 e. The minimum absolute atomic E-state index is 0.396. The maximum Gasteiger partial charge on any atom is 0.411 e. The summed E-state index contributed by atoms with van der Waals surface area (Å²) in [4.78, 5) is 11.6. The molecule has 0 aromatic heterocycles. The summed E-state index contributed by atoms with van der Waals surface area (Å²) in [6.45, 7) is 4.57. The van der Waals surface area contributed by atoms with Gasteiger partial charge in [-0.15, -0.1) is 0 Å². The van der Waals surface area contributed by atoms with Gasteiger partial charge in [-0.05, 0) is 48.1 Å². The van der Waals surface area contributed by atoms with Crippen LogP contribution in [0.2, 0.25) is 0 Å². The minimum atomic E-state index is -0.396. The lowest BCUT2D eigenvalue weighted by molar-refractivity contribution is 0.161. The van der Waals surface area contributed by atoms with E-state index in [2.05, 4.69) is 42.6 Å². The molecule has 0 saturated heterocycles. The van der Waals surface area contributed by atoms with Gasteiger partial charge in [0.2, 0.25) is 0 Å². The highest BCUT2D eigenvalue weighted by atomic mass is 16.5. The van der Waals surface area contributed by atoms with Gasteiger partial charge >= 0.3 is 6.09 Å². The van der Waals surface area contributed by atoms with Crippen molar-refractivity contribution in [2.75, 3.05) is 11.9 Å². The lowest BCUT2D eigenvalue weighted by atomic mass is 10.0. The topological polar surface area (TPSA) is 38.3 Å². The van der Waals surface area contributed by atoms with E-state index in [0.29, 0.717) is 6.61 Å². The van der Waals surface area contributed by atoms with Gasteiger partial charge < -0.3 is 4.74 Å². The van der Waals surface area contributed by atoms with Crippen molar-refractivity contribution in [1.82, 2.24) is 0 Å². The molecule has 0 aliphatic carbocycles. The number of hydrogen-bond acceptors (Lipinski definition) is 2. The van der Waals surface area contributed by atoms with Crippen LogP contribution in [-0.4, -0.2) is 12.7 Å². The summed E-state index contributed by atoms with van der Waals surface area (Å²) in [6.07, 6.45) is 2.32. The van der Waals surface area contributed by atoms with Crippen molar-refractivity contribution >= 4 is 11.8 Å². The fourth-order valence-electron chi connectivity index (χ4n) is 2.30. The van der Waals surface area contributed by atoms with Crippen LogP contribution < -0.4 is 5.32 Å². The van der Waals surface area contributed by atoms with Crippen LogP contribution in [0.4, 0.5) is 10.5 Å². The number of rotatable bonds is 6. The number of amides is 1.